The van der Waals surface area contributed by atoms with E-state index in [-0.39, 0.29) is 11.2 Å². The number of thioether (sulfide) groups is 1. The van der Waals surface area contributed by atoms with Gasteiger partial charge >= 0.3 is 0 Å². The van der Waals surface area contributed by atoms with Gasteiger partial charge < -0.3 is 5.32 Å². The molecule has 2 heterocycles. The molecular formula is C20H27N5OS. The Hall–Kier alpha value is -2.15. The highest BCUT2D eigenvalue weighted by Crippen LogP contribution is 2.27. The first-order valence-corrected chi connectivity index (χ1v) is 10.5. The average Bonchev–Trinajstić information content (AvgIpc) is 2.89. The van der Waals surface area contributed by atoms with E-state index in [2.05, 4.69) is 27.1 Å². The number of carbonyl (C=O) groups excluding carboxylic acids is 1. The fourth-order valence-electron chi connectivity index (χ4n) is 3.34. The van der Waals surface area contributed by atoms with E-state index in [1.165, 1.54) is 37.4 Å². The van der Waals surface area contributed by atoms with E-state index in [1.54, 1.807) is 12.4 Å². The SMILES string of the molecule is C=CCn1c(S[C@H](C)C(=O)NC2CCCCCC2)nnc1-c1ccncc1. The minimum atomic E-state index is -0.230. The number of pyridine rings is 1. The Labute approximate surface area is 164 Å². The molecule has 1 aliphatic rings. The van der Waals surface area contributed by atoms with Crippen molar-refractivity contribution in [3.63, 3.8) is 0 Å². The van der Waals surface area contributed by atoms with Crippen LogP contribution in [0.3, 0.4) is 0 Å². The molecule has 144 valence electrons. The van der Waals surface area contributed by atoms with Crippen LogP contribution in [0, 0.1) is 0 Å². The fraction of sp³-hybridized carbons (Fsp3) is 0.500. The zero-order valence-corrected chi connectivity index (χ0v) is 16.6. The molecule has 0 bridgehead atoms. The van der Waals surface area contributed by atoms with Crippen LogP contribution in [-0.4, -0.2) is 36.9 Å². The maximum atomic E-state index is 12.7. The van der Waals surface area contributed by atoms with Gasteiger partial charge in [-0.05, 0) is 31.9 Å². The Kier molecular flexibility index (Phi) is 7.04. The van der Waals surface area contributed by atoms with Crippen LogP contribution in [0.1, 0.15) is 45.4 Å². The maximum absolute atomic E-state index is 12.7. The number of nitrogens with one attached hydrogen (secondary N) is 1. The van der Waals surface area contributed by atoms with Crippen molar-refractivity contribution in [2.75, 3.05) is 0 Å². The number of allylic oxidation sites excluding steroid dienone is 1. The summed E-state index contributed by atoms with van der Waals surface area (Å²) in [5.74, 6) is 0.835. The van der Waals surface area contributed by atoms with Gasteiger partial charge in [-0.25, -0.2) is 0 Å². The van der Waals surface area contributed by atoms with E-state index in [4.69, 9.17) is 0 Å². The third-order valence-electron chi connectivity index (χ3n) is 4.82. The minimum absolute atomic E-state index is 0.0746. The van der Waals surface area contributed by atoms with Crippen LogP contribution in [0.2, 0.25) is 0 Å². The lowest BCUT2D eigenvalue weighted by Crippen LogP contribution is -2.39. The van der Waals surface area contributed by atoms with Gasteiger partial charge in [0.25, 0.3) is 0 Å². The standard InChI is InChI=1S/C20H27N5OS/c1-3-14-25-18(16-10-12-21-13-11-16)23-24-20(25)27-15(2)19(26)22-17-8-6-4-5-7-9-17/h3,10-13,15,17H,1,4-9,14H2,2H3,(H,22,26)/t15-/m1/s1. The molecule has 0 aliphatic heterocycles. The highest BCUT2D eigenvalue weighted by Gasteiger charge is 2.23. The number of aromatic nitrogens is 4. The summed E-state index contributed by atoms with van der Waals surface area (Å²) in [5, 5.41) is 12.4. The molecule has 0 unspecified atom stereocenters. The largest absolute Gasteiger partial charge is 0.352 e. The van der Waals surface area contributed by atoms with Crippen LogP contribution >= 0.6 is 11.8 Å². The Balaban J connectivity index is 1.69. The summed E-state index contributed by atoms with van der Waals surface area (Å²) >= 11 is 1.44. The predicted octanol–water partition coefficient (Wildman–Crippen LogP) is 3.85. The molecule has 1 fully saturated rings. The quantitative estimate of drug-likeness (QED) is 0.445. The molecule has 3 rings (SSSR count). The summed E-state index contributed by atoms with van der Waals surface area (Å²) < 4.78 is 1.99. The van der Waals surface area contributed by atoms with Crippen molar-refractivity contribution in [2.45, 2.75) is 68.4 Å². The minimum Gasteiger partial charge on any atom is -0.352 e. The lowest BCUT2D eigenvalue weighted by atomic mass is 10.1. The third kappa shape index (κ3) is 5.19. The molecular weight excluding hydrogens is 358 g/mol. The van der Waals surface area contributed by atoms with E-state index >= 15 is 0 Å². The van der Waals surface area contributed by atoms with Gasteiger partial charge in [-0.1, -0.05) is 43.5 Å². The second-order valence-corrected chi connectivity index (χ2v) is 8.21. The summed E-state index contributed by atoms with van der Waals surface area (Å²) in [6.07, 6.45) is 12.4. The van der Waals surface area contributed by atoms with Gasteiger partial charge in [-0.2, -0.15) is 0 Å². The van der Waals surface area contributed by atoms with Crippen LogP contribution in [0.25, 0.3) is 11.4 Å². The molecule has 27 heavy (non-hydrogen) atoms. The molecule has 1 atom stereocenters. The molecule has 6 nitrogen and oxygen atoms in total. The number of nitrogens with zero attached hydrogens (tertiary/aromatic N) is 4. The highest BCUT2D eigenvalue weighted by molar-refractivity contribution is 8.00. The van der Waals surface area contributed by atoms with Crippen LogP contribution in [-0.2, 0) is 11.3 Å². The van der Waals surface area contributed by atoms with Crippen LogP contribution in [0.5, 0.6) is 0 Å². The number of amides is 1. The van der Waals surface area contributed by atoms with Gasteiger partial charge in [0, 0.05) is 30.5 Å². The molecule has 1 N–H and O–H groups in total. The molecule has 1 saturated carbocycles. The van der Waals surface area contributed by atoms with E-state index in [9.17, 15) is 4.79 Å². The Morgan fingerprint density at radius 1 is 1.30 bits per heavy atom. The number of hydrogen-bond donors (Lipinski definition) is 1. The van der Waals surface area contributed by atoms with Crippen LogP contribution < -0.4 is 5.32 Å². The monoisotopic (exact) mass is 385 g/mol. The van der Waals surface area contributed by atoms with Gasteiger partial charge in [-0.15, -0.1) is 16.8 Å². The molecule has 0 aromatic carbocycles. The average molecular weight is 386 g/mol. The van der Waals surface area contributed by atoms with Crippen molar-refractivity contribution < 1.29 is 4.79 Å². The van der Waals surface area contributed by atoms with E-state index in [0.29, 0.717) is 12.6 Å². The first kappa shape index (κ1) is 19.6. The summed E-state index contributed by atoms with van der Waals surface area (Å²) in [6.45, 7) is 6.35. The van der Waals surface area contributed by atoms with Gasteiger partial charge in [0.2, 0.25) is 5.91 Å². The van der Waals surface area contributed by atoms with E-state index in [0.717, 1.165) is 29.4 Å². The van der Waals surface area contributed by atoms with Gasteiger partial charge in [0.15, 0.2) is 11.0 Å². The van der Waals surface area contributed by atoms with Crippen molar-refractivity contribution >= 4 is 17.7 Å². The Morgan fingerprint density at radius 3 is 2.67 bits per heavy atom. The topological polar surface area (TPSA) is 72.7 Å². The normalized spacial score (nSPS) is 16.5. The second kappa shape index (κ2) is 9.69. The molecule has 1 aliphatic carbocycles. The lowest BCUT2D eigenvalue weighted by molar-refractivity contribution is -0.121. The van der Waals surface area contributed by atoms with Crippen LogP contribution in [0.4, 0.5) is 0 Å². The second-order valence-electron chi connectivity index (χ2n) is 6.90. The molecule has 0 radical (unpaired) electrons. The Morgan fingerprint density at radius 2 is 2.00 bits per heavy atom. The van der Waals surface area contributed by atoms with Crippen LogP contribution in [0.15, 0.2) is 42.3 Å². The molecule has 7 heteroatoms. The smallest absolute Gasteiger partial charge is 0.233 e. The molecule has 0 saturated heterocycles. The van der Waals surface area contributed by atoms with Crippen molar-refractivity contribution in [3.8, 4) is 11.4 Å². The summed E-state index contributed by atoms with van der Waals surface area (Å²) in [7, 11) is 0. The van der Waals surface area contributed by atoms with Gasteiger partial charge in [0.05, 0.1) is 5.25 Å². The number of carbonyl (C=O) groups is 1. The van der Waals surface area contributed by atoms with Crippen molar-refractivity contribution in [1.82, 2.24) is 25.1 Å². The van der Waals surface area contributed by atoms with Gasteiger partial charge in [0.1, 0.15) is 0 Å². The summed E-state index contributed by atoms with van der Waals surface area (Å²) in [6, 6.07) is 4.11. The number of hydrogen-bond acceptors (Lipinski definition) is 5. The predicted molar refractivity (Wildman–Crippen MR) is 108 cm³/mol. The summed E-state index contributed by atoms with van der Waals surface area (Å²) in [5.41, 5.74) is 0.946. The lowest BCUT2D eigenvalue weighted by Gasteiger charge is -2.19. The number of rotatable bonds is 7. The highest BCUT2D eigenvalue weighted by atomic mass is 32.2. The van der Waals surface area contributed by atoms with E-state index in [1.807, 2.05) is 29.7 Å². The molecule has 2 aromatic heterocycles. The van der Waals surface area contributed by atoms with E-state index < -0.39 is 0 Å². The zero-order valence-electron chi connectivity index (χ0n) is 15.8. The van der Waals surface area contributed by atoms with Gasteiger partial charge in [-0.3, -0.25) is 14.3 Å². The van der Waals surface area contributed by atoms with Crippen molar-refractivity contribution in [3.05, 3.63) is 37.2 Å². The van der Waals surface area contributed by atoms with Crippen molar-refractivity contribution in [1.29, 1.82) is 0 Å². The Bertz CT molecular complexity index is 753. The first-order valence-electron chi connectivity index (χ1n) is 9.60. The molecule has 2 aromatic rings. The zero-order chi connectivity index (χ0) is 19.1. The maximum Gasteiger partial charge on any atom is 0.233 e. The third-order valence-corrected chi connectivity index (χ3v) is 5.90. The summed E-state index contributed by atoms with van der Waals surface area (Å²) in [4.78, 5) is 16.7. The molecule has 0 spiro atoms. The first-order chi connectivity index (χ1) is 13.2. The fourth-order valence-corrected chi connectivity index (χ4v) is 4.21. The molecule has 1 amide bonds. The van der Waals surface area contributed by atoms with Crippen molar-refractivity contribution in [2.24, 2.45) is 0 Å².